The second kappa shape index (κ2) is 14.1. The molecule has 1 aliphatic rings. The molecule has 1 aromatic carbocycles. The Morgan fingerprint density at radius 2 is 1.84 bits per heavy atom. The van der Waals surface area contributed by atoms with Gasteiger partial charge in [0.15, 0.2) is 5.65 Å². The van der Waals surface area contributed by atoms with Gasteiger partial charge in [-0.05, 0) is 56.4 Å². The molecule has 4 heterocycles. The summed E-state index contributed by atoms with van der Waals surface area (Å²) in [6.45, 7) is 2.78. The number of aryl methyl sites for hydroxylation is 1. The van der Waals surface area contributed by atoms with Gasteiger partial charge in [0.05, 0.1) is 47.8 Å². The fraction of sp³-hybridized carbons (Fsp3) is 0.344. The number of aromatic nitrogens is 6. The number of ether oxygens (including phenoxy) is 2. The van der Waals surface area contributed by atoms with E-state index in [1.165, 1.54) is 0 Å². The van der Waals surface area contributed by atoms with Gasteiger partial charge in [-0.3, -0.25) is 4.98 Å². The summed E-state index contributed by atoms with van der Waals surface area (Å²) in [5.41, 5.74) is 4.73. The Kier molecular flexibility index (Phi) is 9.35. The minimum atomic E-state index is -0.398. The van der Waals surface area contributed by atoms with E-state index in [-0.39, 0.29) is 12.6 Å². The van der Waals surface area contributed by atoms with Gasteiger partial charge < -0.3 is 24.6 Å². The highest BCUT2D eigenvalue weighted by molar-refractivity contribution is 6.00. The van der Waals surface area contributed by atoms with E-state index in [0.717, 1.165) is 42.6 Å². The molecule has 0 saturated heterocycles. The van der Waals surface area contributed by atoms with Crippen LogP contribution in [0.3, 0.4) is 0 Å². The average molecular weight is 611 g/mol. The first-order valence-electron chi connectivity index (χ1n) is 15.1. The van der Waals surface area contributed by atoms with Crippen LogP contribution in [-0.2, 0) is 16.1 Å². The van der Waals surface area contributed by atoms with E-state index in [4.69, 9.17) is 14.0 Å². The molecule has 1 saturated carbocycles. The molecule has 0 spiro atoms. The van der Waals surface area contributed by atoms with Crippen LogP contribution in [0.2, 0.25) is 0 Å². The molecule has 5 aromatic rings. The number of nitrogens with one attached hydrogen (secondary N) is 2. The Hall–Kier alpha value is -5.17. The van der Waals surface area contributed by atoms with Crippen molar-refractivity contribution in [3.05, 3.63) is 83.8 Å². The van der Waals surface area contributed by atoms with E-state index >= 15 is 0 Å². The maximum Gasteiger partial charge on any atom is 0.338 e. The largest absolute Gasteiger partial charge is 0.462 e. The summed E-state index contributed by atoms with van der Waals surface area (Å²) in [7, 11) is 0. The monoisotopic (exact) mass is 610 g/mol. The molecule has 0 bridgehead atoms. The summed E-state index contributed by atoms with van der Waals surface area (Å²) in [5, 5.41) is 14.3. The number of hydrogen-bond acceptors (Lipinski definition) is 10. The van der Waals surface area contributed by atoms with Gasteiger partial charge in [-0.2, -0.15) is 10.1 Å². The van der Waals surface area contributed by atoms with Gasteiger partial charge in [-0.15, -0.1) is 0 Å². The zero-order valence-electron chi connectivity index (χ0n) is 24.9. The molecule has 0 atom stereocenters. The molecule has 0 aliphatic heterocycles. The molecule has 0 unspecified atom stereocenters. The third-order valence-electron chi connectivity index (χ3n) is 7.61. The summed E-state index contributed by atoms with van der Waals surface area (Å²) in [5.74, 6) is 0.634. The maximum absolute atomic E-state index is 13.0. The van der Waals surface area contributed by atoms with Crippen LogP contribution in [0.4, 0.5) is 16.2 Å². The highest BCUT2D eigenvalue weighted by atomic mass is 16.5. The van der Waals surface area contributed by atoms with Crippen LogP contribution in [0, 0.1) is 6.92 Å². The van der Waals surface area contributed by atoms with E-state index in [9.17, 15) is 9.59 Å². The van der Waals surface area contributed by atoms with E-state index in [1.807, 2.05) is 23.6 Å². The summed E-state index contributed by atoms with van der Waals surface area (Å²) in [4.78, 5) is 38.3. The van der Waals surface area contributed by atoms with Crippen molar-refractivity contribution in [2.24, 2.45) is 0 Å². The third-order valence-corrected chi connectivity index (χ3v) is 7.61. The van der Waals surface area contributed by atoms with E-state index in [0.29, 0.717) is 66.3 Å². The maximum atomic E-state index is 13.0. The highest BCUT2D eigenvalue weighted by Crippen LogP contribution is 2.37. The van der Waals surface area contributed by atoms with Crippen molar-refractivity contribution in [2.45, 2.75) is 58.0 Å². The predicted molar refractivity (Wildman–Crippen MR) is 165 cm³/mol. The molecule has 45 heavy (non-hydrogen) atoms. The lowest BCUT2D eigenvalue weighted by molar-refractivity contribution is 0.0471. The molecule has 232 valence electrons. The van der Waals surface area contributed by atoms with E-state index < -0.39 is 6.03 Å². The Bertz CT molecular complexity index is 1760. The van der Waals surface area contributed by atoms with Gasteiger partial charge in [0.1, 0.15) is 12.3 Å². The van der Waals surface area contributed by atoms with E-state index in [1.54, 1.807) is 48.9 Å². The topological polar surface area (TPSA) is 159 Å². The first-order chi connectivity index (χ1) is 22.0. The number of fused-ring (bicyclic) bond motifs is 1. The van der Waals surface area contributed by atoms with Crippen LogP contribution in [0.25, 0.3) is 17.2 Å². The summed E-state index contributed by atoms with van der Waals surface area (Å²) >= 11 is 0. The number of urea groups is 1. The Labute approximate surface area is 259 Å². The van der Waals surface area contributed by atoms with Crippen LogP contribution < -0.4 is 10.6 Å². The second-order valence-electron chi connectivity index (χ2n) is 10.9. The SMILES string of the molecule is Cc1cc(NC(=O)Nc2cnc3ccnn3c2C2CCCC2)cnc1-c1noc(COCCCCOC(=O)c2ccccc2)n1. The number of carbonyl (C=O) groups is 2. The summed E-state index contributed by atoms with van der Waals surface area (Å²) in [6.07, 6.45) is 10.8. The molecule has 13 heteroatoms. The van der Waals surface area contributed by atoms with Gasteiger partial charge in [0.25, 0.3) is 5.89 Å². The number of nitrogens with zero attached hydrogens (tertiary/aromatic N) is 6. The number of rotatable bonds is 12. The van der Waals surface area contributed by atoms with Crippen molar-refractivity contribution in [3.8, 4) is 11.5 Å². The van der Waals surface area contributed by atoms with Gasteiger partial charge >= 0.3 is 12.0 Å². The van der Waals surface area contributed by atoms with Crippen LogP contribution in [0.15, 0.2) is 65.6 Å². The fourth-order valence-electron chi connectivity index (χ4n) is 5.44. The minimum Gasteiger partial charge on any atom is -0.462 e. The summed E-state index contributed by atoms with van der Waals surface area (Å²) in [6, 6.07) is 12.1. The molecule has 6 rings (SSSR count). The average Bonchev–Trinajstić information content (AvgIpc) is 3.84. The number of amides is 2. The Balaban J connectivity index is 0.976. The number of carbonyl (C=O) groups excluding carboxylic acids is 2. The van der Waals surface area contributed by atoms with Crippen LogP contribution in [0.1, 0.15) is 71.9 Å². The van der Waals surface area contributed by atoms with Crippen LogP contribution in [0.5, 0.6) is 0 Å². The number of anilines is 2. The minimum absolute atomic E-state index is 0.150. The third kappa shape index (κ3) is 7.32. The number of unbranched alkanes of at least 4 members (excludes halogenated alkanes) is 1. The standard InChI is InChI=1S/C32H34N8O5/c1-21-17-24(36-32(42)37-25-19-33-26-13-14-35-40(26)29(25)22-9-5-6-10-22)18-34-28(21)30-38-27(45-39-30)20-43-15-7-8-16-44-31(41)23-11-3-2-4-12-23/h2-4,11-14,17-19,22H,5-10,15-16,20H2,1H3,(H2,36,37,42). The second-order valence-corrected chi connectivity index (χ2v) is 10.9. The van der Waals surface area contributed by atoms with Gasteiger partial charge in [0, 0.05) is 18.6 Å². The normalized spacial score (nSPS) is 13.3. The molecule has 4 aromatic heterocycles. The van der Waals surface area contributed by atoms with Crippen molar-refractivity contribution in [2.75, 3.05) is 23.8 Å². The van der Waals surface area contributed by atoms with Gasteiger partial charge in [-0.1, -0.05) is 36.2 Å². The van der Waals surface area contributed by atoms with Gasteiger partial charge in [0.2, 0.25) is 5.82 Å². The number of pyridine rings is 1. The van der Waals surface area contributed by atoms with Gasteiger partial charge in [-0.25, -0.2) is 19.1 Å². The molecule has 13 nitrogen and oxygen atoms in total. The van der Waals surface area contributed by atoms with Crippen LogP contribution in [-0.4, -0.2) is 54.9 Å². The summed E-state index contributed by atoms with van der Waals surface area (Å²) < 4.78 is 18.1. The first kappa shape index (κ1) is 29.9. The Morgan fingerprint density at radius 3 is 2.67 bits per heavy atom. The smallest absolute Gasteiger partial charge is 0.338 e. The lowest BCUT2D eigenvalue weighted by Gasteiger charge is -2.17. The molecular formula is C32H34N8O5. The lowest BCUT2D eigenvalue weighted by atomic mass is 10.0. The molecule has 1 fully saturated rings. The zero-order valence-corrected chi connectivity index (χ0v) is 24.9. The Morgan fingerprint density at radius 1 is 1.02 bits per heavy atom. The van der Waals surface area contributed by atoms with Crippen LogP contribution >= 0.6 is 0 Å². The molecule has 2 amide bonds. The van der Waals surface area contributed by atoms with Crippen molar-refractivity contribution >= 4 is 29.0 Å². The molecule has 1 aliphatic carbocycles. The fourth-order valence-corrected chi connectivity index (χ4v) is 5.44. The predicted octanol–water partition coefficient (Wildman–Crippen LogP) is 5.94. The number of benzene rings is 1. The van der Waals surface area contributed by atoms with E-state index in [2.05, 4.69) is 35.8 Å². The lowest BCUT2D eigenvalue weighted by Crippen LogP contribution is -2.22. The highest BCUT2D eigenvalue weighted by Gasteiger charge is 2.25. The van der Waals surface area contributed by atoms with Crippen molar-refractivity contribution < 1.29 is 23.6 Å². The molecule has 0 radical (unpaired) electrons. The van der Waals surface area contributed by atoms with Crippen molar-refractivity contribution in [3.63, 3.8) is 0 Å². The van der Waals surface area contributed by atoms with Crippen molar-refractivity contribution in [1.82, 2.24) is 29.7 Å². The van der Waals surface area contributed by atoms with Crippen molar-refractivity contribution in [1.29, 1.82) is 0 Å². The number of hydrogen-bond donors (Lipinski definition) is 2. The molecule has 2 N–H and O–H groups in total. The quantitative estimate of drug-likeness (QED) is 0.128. The number of esters is 1. The first-order valence-corrected chi connectivity index (χ1v) is 15.1. The molecular weight excluding hydrogens is 576 g/mol. The zero-order chi connectivity index (χ0) is 31.0.